The summed E-state index contributed by atoms with van der Waals surface area (Å²) in [7, 11) is 0.500. The molecule has 0 aliphatic rings. The second kappa shape index (κ2) is 16.1. The maximum atomic E-state index is 14.0. The summed E-state index contributed by atoms with van der Waals surface area (Å²) < 4.78 is 23.5. The zero-order valence-corrected chi connectivity index (χ0v) is 23.9. The average molecular weight is 582 g/mol. The number of amides is 1. The second-order valence-electron chi connectivity index (χ2n) is 8.85. The van der Waals surface area contributed by atoms with Crippen LogP contribution in [0.1, 0.15) is 21.6 Å². The van der Waals surface area contributed by atoms with Crippen LogP contribution >= 0.6 is 0 Å². The highest BCUT2D eigenvalue weighted by molar-refractivity contribution is 6.04. The summed E-state index contributed by atoms with van der Waals surface area (Å²) in [6.07, 6.45) is 4.96. The fourth-order valence-electron chi connectivity index (χ4n) is 4.00. The molecule has 2 aromatic heterocycles. The molecule has 220 valence electrons. The van der Waals surface area contributed by atoms with Gasteiger partial charge < -0.3 is 16.4 Å². The molecule has 5 N–H and O–H groups in total. The van der Waals surface area contributed by atoms with E-state index in [0.29, 0.717) is 36.7 Å². The standard InChI is InChI=1S/C28H24FN7O.C4H6.CH3F/c1-17-25(24-12-13-31-28(34-24)33-20-8-4-6-18(14-20)16-30)26(36-35-17)19-7-5-9-21(15-19)32-27(37)22-10-2-3-11-23(22)29;1-3-4-2;1-2/h2-15H,16,30H2,1H3,(H,32,37)(H,35,36)(H,31,33,34);3-4H,1-2H2;1H3. The first-order chi connectivity index (χ1) is 20.9. The number of halogens is 2. The van der Waals surface area contributed by atoms with Crippen molar-refractivity contribution in [1.82, 2.24) is 20.2 Å². The molecule has 0 bridgehead atoms. The largest absolute Gasteiger partial charge is 0.326 e. The Hall–Kier alpha value is -5.48. The van der Waals surface area contributed by atoms with Crippen LogP contribution in [0, 0.1) is 12.7 Å². The van der Waals surface area contributed by atoms with Crippen molar-refractivity contribution >= 4 is 23.2 Å². The Bertz CT molecular complexity index is 1680. The Morgan fingerprint density at radius 1 is 0.977 bits per heavy atom. The molecule has 0 saturated heterocycles. The summed E-state index contributed by atoms with van der Waals surface area (Å²) in [5.74, 6) is -0.674. The number of allylic oxidation sites excluding steroid dienone is 2. The Morgan fingerprint density at radius 3 is 2.42 bits per heavy atom. The minimum atomic E-state index is -0.579. The van der Waals surface area contributed by atoms with E-state index in [4.69, 9.17) is 10.7 Å². The summed E-state index contributed by atoms with van der Waals surface area (Å²) in [6.45, 7) is 9.07. The molecule has 5 aromatic rings. The molecule has 0 aliphatic heterocycles. The van der Waals surface area contributed by atoms with E-state index in [-0.39, 0.29) is 5.56 Å². The van der Waals surface area contributed by atoms with Gasteiger partial charge in [0.2, 0.25) is 5.95 Å². The number of aromatic amines is 1. The van der Waals surface area contributed by atoms with Crippen LogP contribution in [0.3, 0.4) is 0 Å². The molecule has 10 heteroatoms. The first-order valence-electron chi connectivity index (χ1n) is 13.2. The number of alkyl halides is 1. The van der Waals surface area contributed by atoms with E-state index in [1.165, 1.54) is 12.1 Å². The number of nitrogens with one attached hydrogen (secondary N) is 3. The third-order valence-electron chi connectivity index (χ3n) is 5.96. The maximum Gasteiger partial charge on any atom is 0.258 e. The number of hydrogen-bond acceptors (Lipinski definition) is 6. The van der Waals surface area contributed by atoms with Crippen LogP contribution in [0.25, 0.3) is 22.5 Å². The lowest BCUT2D eigenvalue weighted by molar-refractivity contribution is 0.102. The topological polar surface area (TPSA) is 122 Å². The molecular weight excluding hydrogens is 548 g/mol. The van der Waals surface area contributed by atoms with Gasteiger partial charge in [0.25, 0.3) is 5.91 Å². The normalized spacial score (nSPS) is 9.88. The summed E-state index contributed by atoms with van der Waals surface area (Å²) in [5, 5.41) is 13.5. The van der Waals surface area contributed by atoms with Crippen molar-refractivity contribution in [3.63, 3.8) is 0 Å². The molecule has 0 saturated carbocycles. The third kappa shape index (κ3) is 8.51. The molecule has 0 aliphatic carbocycles. The minimum Gasteiger partial charge on any atom is -0.326 e. The van der Waals surface area contributed by atoms with Crippen LogP contribution in [-0.2, 0) is 6.54 Å². The molecule has 0 spiro atoms. The number of aromatic nitrogens is 4. The van der Waals surface area contributed by atoms with Crippen molar-refractivity contribution < 1.29 is 13.6 Å². The SMILES string of the molecule is C=CC=C.CF.Cc1[nH]nc(-c2cccc(NC(=O)c3ccccc3F)c2)c1-c1ccnc(Nc2cccc(CN)c2)n1. The van der Waals surface area contributed by atoms with Gasteiger partial charge in [0, 0.05) is 40.9 Å². The molecule has 3 aromatic carbocycles. The number of hydrogen-bond donors (Lipinski definition) is 4. The van der Waals surface area contributed by atoms with Crippen molar-refractivity contribution in [3.8, 4) is 22.5 Å². The molecule has 5 rings (SSSR count). The number of benzene rings is 3. The number of anilines is 3. The second-order valence-corrected chi connectivity index (χ2v) is 8.85. The van der Waals surface area contributed by atoms with Crippen molar-refractivity contribution in [2.24, 2.45) is 5.73 Å². The summed E-state index contributed by atoms with van der Waals surface area (Å²) in [5.41, 5.74) is 11.8. The zero-order chi connectivity index (χ0) is 31.2. The van der Waals surface area contributed by atoms with Crippen LogP contribution in [-0.4, -0.2) is 33.3 Å². The maximum absolute atomic E-state index is 14.0. The highest BCUT2D eigenvalue weighted by atomic mass is 19.1. The molecule has 0 fully saturated rings. The minimum absolute atomic E-state index is 0.0257. The Kier molecular flexibility index (Phi) is 12.0. The smallest absolute Gasteiger partial charge is 0.258 e. The van der Waals surface area contributed by atoms with Crippen LogP contribution in [0.15, 0.2) is 110 Å². The van der Waals surface area contributed by atoms with Gasteiger partial charge in [-0.3, -0.25) is 14.3 Å². The first kappa shape index (κ1) is 32.0. The van der Waals surface area contributed by atoms with Crippen molar-refractivity contribution in [1.29, 1.82) is 0 Å². The lowest BCUT2D eigenvalue weighted by Gasteiger charge is -2.10. The highest BCUT2D eigenvalue weighted by Gasteiger charge is 2.18. The van der Waals surface area contributed by atoms with Crippen LogP contribution in [0.4, 0.5) is 26.1 Å². The molecule has 8 nitrogen and oxygen atoms in total. The van der Waals surface area contributed by atoms with Gasteiger partial charge in [0.05, 0.1) is 18.4 Å². The van der Waals surface area contributed by atoms with Gasteiger partial charge in [-0.25, -0.2) is 14.4 Å². The van der Waals surface area contributed by atoms with E-state index in [9.17, 15) is 13.6 Å². The zero-order valence-electron chi connectivity index (χ0n) is 23.9. The van der Waals surface area contributed by atoms with E-state index >= 15 is 0 Å². The quantitative estimate of drug-likeness (QED) is 0.142. The fraction of sp³-hybridized carbons (Fsp3) is 0.0909. The fourth-order valence-corrected chi connectivity index (χ4v) is 4.00. The van der Waals surface area contributed by atoms with Gasteiger partial charge in [-0.15, -0.1) is 0 Å². The van der Waals surface area contributed by atoms with Crippen LogP contribution in [0.2, 0.25) is 0 Å². The van der Waals surface area contributed by atoms with E-state index in [0.717, 1.165) is 28.1 Å². The van der Waals surface area contributed by atoms with Crippen LogP contribution < -0.4 is 16.4 Å². The number of H-pyrrole nitrogens is 1. The average Bonchev–Trinajstić information content (AvgIpc) is 3.44. The van der Waals surface area contributed by atoms with Crippen molar-refractivity contribution in [2.75, 3.05) is 17.8 Å². The van der Waals surface area contributed by atoms with Gasteiger partial charge in [-0.2, -0.15) is 5.10 Å². The van der Waals surface area contributed by atoms with Gasteiger partial charge in [-0.05, 0) is 55.0 Å². The molecule has 0 unspecified atom stereocenters. The lowest BCUT2D eigenvalue weighted by atomic mass is 10.0. The van der Waals surface area contributed by atoms with Gasteiger partial charge in [-0.1, -0.05) is 61.7 Å². The predicted octanol–water partition coefficient (Wildman–Crippen LogP) is 7.38. The van der Waals surface area contributed by atoms with E-state index in [1.54, 1.807) is 48.7 Å². The van der Waals surface area contributed by atoms with E-state index in [2.05, 4.69) is 39.0 Å². The molecular formula is C33H33F2N7O. The summed E-state index contributed by atoms with van der Waals surface area (Å²) in [4.78, 5) is 21.7. The number of aryl methyl sites for hydroxylation is 1. The summed E-state index contributed by atoms with van der Waals surface area (Å²) in [6, 6.07) is 22.6. The number of nitrogens with zero attached hydrogens (tertiary/aromatic N) is 3. The van der Waals surface area contributed by atoms with E-state index < -0.39 is 11.7 Å². The molecule has 0 atom stereocenters. The van der Waals surface area contributed by atoms with Gasteiger partial charge >= 0.3 is 0 Å². The number of nitrogens with two attached hydrogens (primary N) is 1. The molecule has 1 amide bonds. The number of rotatable bonds is 8. The molecule has 0 radical (unpaired) electrons. The molecule has 2 heterocycles. The predicted molar refractivity (Wildman–Crippen MR) is 169 cm³/mol. The third-order valence-corrected chi connectivity index (χ3v) is 5.96. The highest BCUT2D eigenvalue weighted by Crippen LogP contribution is 2.33. The lowest BCUT2D eigenvalue weighted by Crippen LogP contribution is -2.13. The molecule has 43 heavy (non-hydrogen) atoms. The van der Waals surface area contributed by atoms with Crippen LogP contribution in [0.5, 0.6) is 0 Å². The monoisotopic (exact) mass is 581 g/mol. The first-order valence-corrected chi connectivity index (χ1v) is 13.2. The number of carbonyl (C=O) groups is 1. The van der Waals surface area contributed by atoms with Gasteiger partial charge in [0.15, 0.2) is 0 Å². The Morgan fingerprint density at radius 2 is 1.70 bits per heavy atom. The summed E-state index contributed by atoms with van der Waals surface area (Å²) >= 11 is 0. The van der Waals surface area contributed by atoms with Gasteiger partial charge in [0.1, 0.15) is 11.5 Å². The van der Waals surface area contributed by atoms with Crippen molar-refractivity contribution in [2.45, 2.75) is 13.5 Å². The number of carbonyl (C=O) groups excluding carboxylic acids is 1. The Labute approximate surface area is 249 Å². The van der Waals surface area contributed by atoms with E-state index in [1.807, 2.05) is 43.3 Å². The Balaban J connectivity index is 0.000000780. The van der Waals surface area contributed by atoms with Crippen molar-refractivity contribution in [3.05, 3.63) is 133 Å².